The van der Waals surface area contributed by atoms with Gasteiger partial charge in [-0.3, -0.25) is 4.90 Å². The van der Waals surface area contributed by atoms with Crippen molar-refractivity contribution >= 4 is 0 Å². The minimum Gasteiger partial charge on any atom is -0.496 e. The van der Waals surface area contributed by atoms with Crippen molar-refractivity contribution in [2.75, 3.05) is 20.2 Å². The summed E-state index contributed by atoms with van der Waals surface area (Å²) in [5, 5.41) is 17.8. The summed E-state index contributed by atoms with van der Waals surface area (Å²) in [5.74, 6) is 1.31. The van der Waals surface area contributed by atoms with Crippen LogP contribution in [-0.2, 0) is 6.54 Å². The van der Waals surface area contributed by atoms with Gasteiger partial charge in [-0.2, -0.15) is 10.5 Å². The third kappa shape index (κ3) is 4.91. The van der Waals surface area contributed by atoms with Crippen LogP contribution in [-0.4, -0.2) is 25.1 Å². The van der Waals surface area contributed by atoms with Gasteiger partial charge in [0.05, 0.1) is 24.8 Å². The van der Waals surface area contributed by atoms with Gasteiger partial charge in [0.25, 0.3) is 0 Å². The minimum absolute atomic E-state index is 0.507. The Labute approximate surface area is 121 Å². The summed E-state index contributed by atoms with van der Waals surface area (Å²) in [6.07, 6.45) is 0.507. The fraction of sp³-hybridized carbons (Fsp3) is 0.500. The number of ether oxygens (including phenoxy) is 1. The van der Waals surface area contributed by atoms with Crippen molar-refractivity contribution in [3.8, 4) is 17.9 Å². The van der Waals surface area contributed by atoms with Gasteiger partial charge in [0.2, 0.25) is 0 Å². The van der Waals surface area contributed by atoms with Crippen molar-refractivity contribution in [1.82, 2.24) is 4.90 Å². The quantitative estimate of drug-likeness (QED) is 0.765. The molecular weight excluding hydrogens is 250 g/mol. The summed E-state index contributed by atoms with van der Waals surface area (Å²) in [7, 11) is 1.63. The highest BCUT2D eigenvalue weighted by molar-refractivity contribution is 5.42. The maximum atomic E-state index is 9.00. The van der Waals surface area contributed by atoms with E-state index in [9.17, 15) is 0 Å². The average molecular weight is 271 g/mol. The molecule has 0 unspecified atom stereocenters. The Bertz CT molecular complexity index is 511. The Balaban J connectivity index is 2.91. The largest absolute Gasteiger partial charge is 0.496 e. The van der Waals surface area contributed by atoms with Crippen LogP contribution in [0.5, 0.6) is 5.75 Å². The molecule has 4 nitrogen and oxygen atoms in total. The Kier molecular flexibility index (Phi) is 6.56. The second kappa shape index (κ2) is 8.19. The molecule has 0 atom stereocenters. The first-order valence-corrected chi connectivity index (χ1v) is 6.77. The Morgan fingerprint density at radius 3 is 2.60 bits per heavy atom. The maximum absolute atomic E-state index is 9.00. The van der Waals surface area contributed by atoms with E-state index in [0.29, 0.717) is 24.4 Å². The van der Waals surface area contributed by atoms with Crippen molar-refractivity contribution < 1.29 is 4.74 Å². The highest BCUT2D eigenvalue weighted by Gasteiger charge is 2.12. The van der Waals surface area contributed by atoms with Gasteiger partial charge in [0, 0.05) is 31.6 Å². The molecule has 0 aromatic heterocycles. The zero-order valence-electron chi connectivity index (χ0n) is 12.4. The minimum atomic E-state index is 0.507. The van der Waals surface area contributed by atoms with E-state index in [1.54, 1.807) is 13.2 Å². The van der Waals surface area contributed by atoms with Crippen molar-refractivity contribution in [2.24, 2.45) is 5.92 Å². The average Bonchev–Trinajstić information content (AvgIpc) is 2.44. The lowest BCUT2D eigenvalue weighted by Crippen LogP contribution is -2.28. The predicted octanol–water partition coefficient (Wildman–Crippen LogP) is 2.94. The first-order chi connectivity index (χ1) is 9.60. The summed E-state index contributed by atoms with van der Waals surface area (Å²) in [4.78, 5) is 2.23. The normalized spacial score (nSPS) is 10.3. The molecule has 0 aliphatic carbocycles. The number of rotatable bonds is 7. The molecule has 0 radical (unpaired) electrons. The van der Waals surface area contributed by atoms with Crippen molar-refractivity contribution in [3.05, 3.63) is 29.3 Å². The highest BCUT2D eigenvalue weighted by Crippen LogP contribution is 2.22. The number of methoxy groups -OCH3 is 1. The molecule has 0 aliphatic heterocycles. The van der Waals surface area contributed by atoms with Crippen LogP contribution in [0.2, 0.25) is 0 Å². The second-order valence-electron chi connectivity index (χ2n) is 5.18. The zero-order chi connectivity index (χ0) is 15.0. The summed E-state index contributed by atoms with van der Waals surface area (Å²) < 4.78 is 5.35. The summed E-state index contributed by atoms with van der Waals surface area (Å²) in [6, 6.07) is 9.77. The molecule has 0 saturated heterocycles. The number of hydrogen-bond acceptors (Lipinski definition) is 4. The summed E-state index contributed by atoms with van der Waals surface area (Å²) in [6.45, 7) is 6.65. The number of nitriles is 2. The van der Waals surface area contributed by atoms with Crippen molar-refractivity contribution in [3.63, 3.8) is 0 Å². The van der Waals surface area contributed by atoms with E-state index in [2.05, 4.69) is 30.9 Å². The number of hydrogen-bond donors (Lipinski definition) is 0. The molecule has 20 heavy (non-hydrogen) atoms. The molecule has 0 aliphatic rings. The van der Waals surface area contributed by atoms with E-state index in [-0.39, 0.29) is 0 Å². The van der Waals surface area contributed by atoms with Crippen LogP contribution in [0.3, 0.4) is 0 Å². The van der Waals surface area contributed by atoms with E-state index >= 15 is 0 Å². The maximum Gasteiger partial charge on any atom is 0.123 e. The Hall–Kier alpha value is -2.04. The molecule has 106 valence electrons. The molecule has 0 amide bonds. The topological polar surface area (TPSA) is 60.0 Å². The standard InChI is InChI=1S/C16H21N3O/c1-13(2)11-19(8-4-7-17)12-15-9-14(10-18)5-6-16(15)20-3/h5-6,9,13H,4,8,11-12H2,1-3H3. The van der Waals surface area contributed by atoms with Crippen LogP contribution in [0.15, 0.2) is 18.2 Å². The molecule has 0 fully saturated rings. The van der Waals surface area contributed by atoms with Crippen LogP contribution >= 0.6 is 0 Å². The third-order valence-electron chi connectivity index (χ3n) is 2.97. The first-order valence-electron chi connectivity index (χ1n) is 6.77. The predicted molar refractivity (Wildman–Crippen MR) is 78.1 cm³/mol. The third-order valence-corrected chi connectivity index (χ3v) is 2.97. The van der Waals surface area contributed by atoms with E-state index in [1.165, 1.54) is 0 Å². The molecule has 1 rings (SSSR count). The second-order valence-corrected chi connectivity index (χ2v) is 5.18. The highest BCUT2D eigenvalue weighted by atomic mass is 16.5. The molecule has 1 aromatic rings. The van der Waals surface area contributed by atoms with Gasteiger partial charge < -0.3 is 4.74 Å². The number of benzene rings is 1. The van der Waals surface area contributed by atoms with Crippen LogP contribution in [0.25, 0.3) is 0 Å². The van der Waals surface area contributed by atoms with Crippen LogP contribution in [0.4, 0.5) is 0 Å². The fourth-order valence-corrected chi connectivity index (χ4v) is 2.17. The monoisotopic (exact) mass is 271 g/mol. The summed E-state index contributed by atoms with van der Waals surface area (Å²) in [5.41, 5.74) is 1.62. The Morgan fingerprint density at radius 2 is 2.05 bits per heavy atom. The van der Waals surface area contributed by atoms with Gasteiger partial charge in [-0.05, 0) is 24.1 Å². The van der Waals surface area contributed by atoms with E-state index < -0.39 is 0 Å². The molecular formula is C16H21N3O. The first kappa shape index (κ1) is 16.0. The molecule has 0 bridgehead atoms. The summed E-state index contributed by atoms with van der Waals surface area (Å²) >= 11 is 0. The SMILES string of the molecule is COc1ccc(C#N)cc1CN(CCC#N)CC(C)C. The van der Waals surface area contributed by atoms with Crippen LogP contribution < -0.4 is 4.74 Å². The molecule has 0 heterocycles. The fourth-order valence-electron chi connectivity index (χ4n) is 2.17. The molecule has 1 aromatic carbocycles. The van der Waals surface area contributed by atoms with Gasteiger partial charge in [-0.25, -0.2) is 0 Å². The van der Waals surface area contributed by atoms with Gasteiger partial charge in [0.15, 0.2) is 0 Å². The van der Waals surface area contributed by atoms with Gasteiger partial charge in [-0.15, -0.1) is 0 Å². The zero-order valence-corrected chi connectivity index (χ0v) is 12.4. The van der Waals surface area contributed by atoms with Crippen molar-refractivity contribution in [2.45, 2.75) is 26.8 Å². The smallest absolute Gasteiger partial charge is 0.123 e. The molecule has 0 spiro atoms. The number of nitrogens with zero attached hydrogens (tertiary/aromatic N) is 3. The van der Waals surface area contributed by atoms with E-state index in [1.807, 2.05) is 12.1 Å². The Morgan fingerprint density at radius 1 is 1.30 bits per heavy atom. The molecule has 0 N–H and O–H groups in total. The van der Waals surface area contributed by atoms with E-state index in [0.717, 1.165) is 24.4 Å². The lowest BCUT2D eigenvalue weighted by Gasteiger charge is -2.24. The lowest BCUT2D eigenvalue weighted by atomic mass is 10.1. The molecule has 0 saturated carbocycles. The van der Waals surface area contributed by atoms with Crippen molar-refractivity contribution in [1.29, 1.82) is 10.5 Å². The van der Waals surface area contributed by atoms with Crippen LogP contribution in [0.1, 0.15) is 31.4 Å². The molecule has 4 heteroatoms. The van der Waals surface area contributed by atoms with Gasteiger partial charge in [0.1, 0.15) is 5.75 Å². The lowest BCUT2D eigenvalue weighted by molar-refractivity contribution is 0.238. The van der Waals surface area contributed by atoms with Gasteiger partial charge >= 0.3 is 0 Å². The van der Waals surface area contributed by atoms with Crippen LogP contribution in [0, 0.1) is 28.6 Å². The van der Waals surface area contributed by atoms with Gasteiger partial charge in [-0.1, -0.05) is 13.8 Å². The van der Waals surface area contributed by atoms with E-state index in [4.69, 9.17) is 15.3 Å².